The van der Waals surface area contributed by atoms with Crippen molar-refractivity contribution >= 4 is 51.9 Å². The summed E-state index contributed by atoms with van der Waals surface area (Å²) in [7, 11) is 0. The molecule has 6 heteroatoms. The number of halogens is 1. The minimum Gasteiger partial charge on any atom is -0.326 e. The van der Waals surface area contributed by atoms with Gasteiger partial charge < -0.3 is 5.32 Å². The van der Waals surface area contributed by atoms with Crippen LogP contribution in [0.25, 0.3) is 6.08 Å². The Kier molecular flexibility index (Phi) is 8.01. The van der Waals surface area contributed by atoms with Crippen LogP contribution in [0.2, 0.25) is 0 Å². The maximum atomic E-state index is 11.9. The van der Waals surface area contributed by atoms with E-state index in [-0.39, 0.29) is 24.7 Å². The average Bonchev–Trinajstić information content (AvgIpc) is 2.65. The fourth-order valence-electron chi connectivity index (χ4n) is 2.01. The third kappa shape index (κ3) is 7.60. The van der Waals surface area contributed by atoms with Crippen molar-refractivity contribution in [2.75, 3.05) is 5.32 Å². The van der Waals surface area contributed by atoms with Gasteiger partial charge in [0, 0.05) is 22.1 Å². The van der Waals surface area contributed by atoms with Gasteiger partial charge in [-0.2, -0.15) is 5.10 Å². The van der Waals surface area contributed by atoms with Gasteiger partial charge in [-0.15, -0.1) is 0 Å². The Morgan fingerprint density at radius 2 is 1.65 bits per heavy atom. The number of benzene rings is 2. The molecular weight excluding hydrogens is 441 g/mol. The summed E-state index contributed by atoms with van der Waals surface area (Å²) >= 11 is 2.20. The highest BCUT2D eigenvalue weighted by Gasteiger charge is 2.06. The van der Waals surface area contributed by atoms with E-state index in [0.29, 0.717) is 5.71 Å². The van der Waals surface area contributed by atoms with Crippen molar-refractivity contribution in [3.8, 4) is 0 Å². The van der Waals surface area contributed by atoms with Crippen LogP contribution in [0.4, 0.5) is 5.69 Å². The van der Waals surface area contributed by atoms with Crippen LogP contribution in [-0.4, -0.2) is 17.5 Å². The van der Waals surface area contributed by atoms with Gasteiger partial charge in [0.2, 0.25) is 11.8 Å². The normalized spacial score (nSPS) is 11.4. The quantitative estimate of drug-likeness (QED) is 0.369. The van der Waals surface area contributed by atoms with Crippen LogP contribution in [0.3, 0.4) is 0 Å². The predicted octanol–water partition coefficient (Wildman–Crippen LogP) is 4.22. The lowest BCUT2D eigenvalue weighted by molar-refractivity contribution is -0.124. The smallest absolute Gasteiger partial charge is 0.240 e. The standard InChI is InChI=1S/C20H20IN3O2/c1-15(7-8-16-5-3-2-4-6-16)23-24-20(26)14-13-19(25)22-18-11-9-17(21)10-12-18/h2-12H,13-14H2,1H3,(H,22,25)(H,24,26)/b8-7+,23-15+. The van der Waals surface area contributed by atoms with Gasteiger partial charge in [-0.25, -0.2) is 5.43 Å². The van der Waals surface area contributed by atoms with Crippen molar-refractivity contribution in [3.05, 3.63) is 69.8 Å². The lowest BCUT2D eigenvalue weighted by Crippen LogP contribution is -2.21. The van der Waals surface area contributed by atoms with E-state index in [2.05, 4.69) is 38.4 Å². The van der Waals surface area contributed by atoms with Gasteiger partial charge >= 0.3 is 0 Å². The number of hydrogen-bond donors (Lipinski definition) is 2. The van der Waals surface area contributed by atoms with Crippen LogP contribution < -0.4 is 10.7 Å². The second kappa shape index (κ2) is 10.5. The zero-order valence-electron chi connectivity index (χ0n) is 14.4. The molecular formula is C20H20IN3O2. The van der Waals surface area contributed by atoms with Gasteiger partial charge in [0.25, 0.3) is 0 Å². The first kappa shape index (κ1) is 19.8. The molecule has 0 spiro atoms. The number of anilines is 1. The zero-order valence-corrected chi connectivity index (χ0v) is 16.6. The lowest BCUT2D eigenvalue weighted by Gasteiger charge is -2.05. The van der Waals surface area contributed by atoms with E-state index in [1.54, 1.807) is 6.92 Å². The van der Waals surface area contributed by atoms with Crippen LogP contribution in [0.15, 0.2) is 65.8 Å². The van der Waals surface area contributed by atoms with Crippen molar-refractivity contribution < 1.29 is 9.59 Å². The summed E-state index contributed by atoms with van der Waals surface area (Å²) in [4.78, 5) is 23.7. The number of carbonyl (C=O) groups excluding carboxylic acids is 2. The van der Waals surface area contributed by atoms with E-state index in [4.69, 9.17) is 0 Å². The Labute approximate surface area is 166 Å². The zero-order chi connectivity index (χ0) is 18.8. The van der Waals surface area contributed by atoms with Crippen LogP contribution in [0.1, 0.15) is 25.3 Å². The Balaban J connectivity index is 1.73. The van der Waals surface area contributed by atoms with Gasteiger partial charge in [0.1, 0.15) is 0 Å². The van der Waals surface area contributed by atoms with E-state index in [1.165, 1.54) is 0 Å². The molecule has 0 radical (unpaired) electrons. The first-order valence-electron chi connectivity index (χ1n) is 8.14. The van der Waals surface area contributed by atoms with Crippen LogP contribution in [0.5, 0.6) is 0 Å². The van der Waals surface area contributed by atoms with Crippen LogP contribution in [0, 0.1) is 3.57 Å². The Hall–Kier alpha value is -2.48. The molecule has 2 aromatic rings. The first-order chi connectivity index (χ1) is 12.5. The molecule has 0 saturated heterocycles. The van der Waals surface area contributed by atoms with Crippen molar-refractivity contribution in [2.45, 2.75) is 19.8 Å². The van der Waals surface area contributed by atoms with Gasteiger partial charge in [-0.3, -0.25) is 9.59 Å². The van der Waals surface area contributed by atoms with Crippen molar-refractivity contribution in [3.63, 3.8) is 0 Å². The molecule has 2 aromatic carbocycles. The summed E-state index contributed by atoms with van der Waals surface area (Å²) in [5.41, 5.74) is 4.91. The number of rotatable bonds is 7. The number of hydrogen-bond acceptors (Lipinski definition) is 3. The molecule has 26 heavy (non-hydrogen) atoms. The minimum absolute atomic E-state index is 0.0788. The van der Waals surface area contributed by atoms with Crippen LogP contribution in [-0.2, 0) is 9.59 Å². The highest BCUT2D eigenvalue weighted by Crippen LogP contribution is 2.11. The Morgan fingerprint density at radius 1 is 1.00 bits per heavy atom. The molecule has 0 aliphatic rings. The molecule has 2 amide bonds. The molecule has 5 nitrogen and oxygen atoms in total. The molecule has 134 valence electrons. The topological polar surface area (TPSA) is 70.6 Å². The van der Waals surface area contributed by atoms with Crippen molar-refractivity contribution in [1.82, 2.24) is 5.43 Å². The summed E-state index contributed by atoms with van der Waals surface area (Å²) in [6, 6.07) is 17.3. The number of allylic oxidation sites excluding steroid dienone is 1. The van der Waals surface area contributed by atoms with Crippen LogP contribution >= 0.6 is 22.6 Å². The molecule has 0 bridgehead atoms. The van der Waals surface area contributed by atoms with Gasteiger partial charge in [-0.05, 0) is 65.4 Å². The van der Waals surface area contributed by atoms with Gasteiger partial charge in [-0.1, -0.05) is 36.4 Å². The summed E-state index contributed by atoms with van der Waals surface area (Å²) in [6.45, 7) is 1.79. The molecule has 2 N–H and O–H groups in total. The predicted molar refractivity (Wildman–Crippen MR) is 114 cm³/mol. The number of hydrazone groups is 1. The minimum atomic E-state index is -0.296. The highest BCUT2D eigenvalue weighted by molar-refractivity contribution is 14.1. The van der Waals surface area contributed by atoms with Gasteiger partial charge in [0.05, 0.1) is 5.71 Å². The van der Waals surface area contributed by atoms with Gasteiger partial charge in [0.15, 0.2) is 0 Å². The third-order valence-corrected chi connectivity index (χ3v) is 4.10. The maximum Gasteiger partial charge on any atom is 0.240 e. The van der Waals surface area contributed by atoms with E-state index in [0.717, 1.165) is 14.8 Å². The molecule has 0 heterocycles. The number of amides is 2. The summed E-state index contributed by atoms with van der Waals surface area (Å²) in [5, 5.41) is 6.77. The third-order valence-electron chi connectivity index (χ3n) is 3.38. The molecule has 0 saturated carbocycles. The molecule has 0 fully saturated rings. The van der Waals surface area contributed by atoms with E-state index < -0.39 is 0 Å². The Bertz CT molecular complexity index is 800. The molecule has 0 atom stereocenters. The average molecular weight is 461 g/mol. The van der Waals surface area contributed by atoms with Crippen molar-refractivity contribution in [1.29, 1.82) is 0 Å². The molecule has 0 aromatic heterocycles. The molecule has 2 rings (SSSR count). The summed E-state index contributed by atoms with van der Waals surface area (Å²) in [5.74, 6) is -0.499. The molecule has 0 unspecified atom stereocenters. The SMILES string of the molecule is CC(/C=C/c1ccccc1)=N\NC(=O)CCC(=O)Nc1ccc(I)cc1. The second-order valence-corrected chi connectivity index (χ2v) is 6.83. The fourth-order valence-corrected chi connectivity index (χ4v) is 2.37. The van der Waals surface area contributed by atoms with E-state index in [9.17, 15) is 9.59 Å². The van der Waals surface area contributed by atoms with E-state index >= 15 is 0 Å². The van der Waals surface area contributed by atoms with Crippen molar-refractivity contribution in [2.24, 2.45) is 5.10 Å². The highest BCUT2D eigenvalue weighted by atomic mass is 127. The molecule has 0 aliphatic carbocycles. The number of nitrogens with zero attached hydrogens (tertiary/aromatic N) is 1. The summed E-state index contributed by atoms with van der Waals surface area (Å²) in [6.07, 6.45) is 3.92. The monoisotopic (exact) mass is 461 g/mol. The Morgan fingerprint density at radius 3 is 2.35 bits per heavy atom. The fraction of sp³-hybridized carbons (Fsp3) is 0.150. The maximum absolute atomic E-state index is 11.9. The number of carbonyl (C=O) groups is 2. The second-order valence-electron chi connectivity index (χ2n) is 5.59. The van der Waals surface area contributed by atoms with E-state index in [1.807, 2.05) is 66.7 Å². The lowest BCUT2D eigenvalue weighted by atomic mass is 10.2. The summed E-state index contributed by atoms with van der Waals surface area (Å²) < 4.78 is 1.09. The largest absolute Gasteiger partial charge is 0.326 e. The number of nitrogens with one attached hydrogen (secondary N) is 2. The molecule has 0 aliphatic heterocycles. The first-order valence-corrected chi connectivity index (χ1v) is 9.22.